The summed E-state index contributed by atoms with van der Waals surface area (Å²) >= 11 is 2.94. The molecule has 0 aliphatic rings. The second-order valence-electron chi connectivity index (χ2n) is 4.72. The molecule has 7 heteroatoms. The number of rotatable bonds is 8. The van der Waals surface area contributed by atoms with Gasteiger partial charge in [-0.25, -0.2) is 8.42 Å². The number of nitrogens with zero attached hydrogens (tertiary/aromatic N) is 1. The Hall–Kier alpha value is -0.730. The van der Waals surface area contributed by atoms with Gasteiger partial charge in [0.15, 0.2) is 0 Å². The molecule has 2 rings (SSSR count). The molecule has 0 atom stereocenters. The molecule has 2 aromatic heterocycles. The third-order valence-corrected chi connectivity index (χ3v) is 7.23. The minimum absolute atomic E-state index is 0.413. The minimum atomic E-state index is -3.39. The lowest BCUT2D eigenvalue weighted by Crippen LogP contribution is -2.25. The highest BCUT2D eigenvalue weighted by atomic mass is 32.2. The van der Waals surface area contributed by atoms with E-state index in [1.165, 1.54) is 15.6 Å². The quantitative estimate of drug-likeness (QED) is 0.749. The predicted octanol–water partition coefficient (Wildman–Crippen LogP) is 2.78. The van der Waals surface area contributed by atoms with Gasteiger partial charge in [-0.1, -0.05) is 6.92 Å². The molecule has 2 heterocycles. The predicted molar refractivity (Wildman–Crippen MR) is 89.5 cm³/mol. The van der Waals surface area contributed by atoms with Crippen molar-refractivity contribution in [3.8, 4) is 0 Å². The third kappa shape index (κ3) is 4.37. The molecule has 0 fully saturated rings. The summed E-state index contributed by atoms with van der Waals surface area (Å²) in [5.74, 6) is 0. The fourth-order valence-corrected chi connectivity index (χ4v) is 5.28. The summed E-state index contributed by atoms with van der Waals surface area (Å²) < 4.78 is 26.9. The Labute approximate surface area is 134 Å². The molecule has 4 nitrogen and oxygen atoms in total. The molecule has 0 radical (unpaired) electrons. The second-order valence-corrected chi connectivity index (χ2v) is 8.94. The first-order valence-electron chi connectivity index (χ1n) is 6.81. The zero-order valence-electron chi connectivity index (χ0n) is 12.2. The van der Waals surface area contributed by atoms with E-state index >= 15 is 0 Å². The fourth-order valence-electron chi connectivity index (χ4n) is 1.90. The maximum atomic E-state index is 12.5. The van der Waals surface area contributed by atoms with Crippen LogP contribution in [0.4, 0.5) is 0 Å². The second kappa shape index (κ2) is 7.51. The molecule has 0 saturated carbocycles. The molecule has 0 amide bonds. The summed E-state index contributed by atoms with van der Waals surface area (Å²) in [5.41, 5.74) is 1.02. The number of likely N-dealkylation sites (N-methyl/N-ethyl adjacent to an activating group) is 1. The lowest BCUT2D eigenvalue weighted by atomic mass is 10.3. The summed E-state index contributed by atoms with van der Waals surface area (Å²) in [7, 11) is -1.76. The van der Waals surface area contributed by atoms with Crippen LogP contribution in [0.2, 0.25) is 0 Å². The molecule has 0 saturated heterocycles. The van der Waals surface area contributed by atoms with Gasteiger partial charge in [0.25, 0.3) is 10.0 Å². The molecule has 0 spiro atoms. The van der Waals surface area contributed by atoms with E-state index in [-0.39, 0.29) is 0 Å². The van der Waals surface area contributed by atoms with Crippen LogP contribution in [0.5, 0.6) is 0 Å². The van der Waals surface area contributed by atoms with Gasteiger partial charge in [0.1, 0.15) is 4.21 Å². The van der Waals surface area contributed by atoms with E-state index in [0.29, 0.717) is 10.8 Å². The lowest BCUT2D eigenvalue weighted by Gasteiger charge is -2.15. The average Bonchev–Trinajstić information content (AvgIpc) is 3.10. The van der Waals surface area contributed by atoms with Crippen LogP contribution in [0.15, 0.2) is 33.2 Å². The van der Waals surface area contributed by atoms with Crippen molar-refractivity contribution in [1.82, 2.24) is 9.62 Å². The van der Waals surface area contributed by atoms with Crippen LogP contribution < -0.4 is 5.32 Å². The van der Waals surface area contributed by atoms with Crippen LogP contribution in [0.3, 0.4) is 0 Å². The molecule has 0 aliphatic heterocycles. The Morgan fingerprint density at radius 2 is 2.10 bits per heavy atom. The topological polar surface area (TPSA) is 49.4 Å². The normalized spacial score (nSPS) is 12.1. The fraction of sp³-hybridized carbons (Fsp3) is 0.429. The third-order valence-electron chi connectivity index (χ3n) is 3.09. The van der Waals surface area contributed by atoms with Crippen LogP contribution in [0.1, 0.15) is 17.4 Å². The summed E-state index contributed by atoms with van der Waals surface area (Å²) in [6, 6.07) is 5.58. The molecule has 0 aliphatic carbocycles. The zero-order valence-corrected chi connectivity index (χ0v) is 14.7. The molecule has 116 valence electrons. The van der Waals surface area contributed by atoms with Crippen LogP contribution in [0, 0.1) is 0 Å². The van der Waals surface area contributed by atoms with E-state index in [1.54, 1.807) is 24.5 Å². The van der Waals surface area contributed by atoms with Gasteiger partial charge in [-0.15, -0.1) is 11.3 Å². The van der Waals surface area contributed by atoms with Crippen molar-refractivity contribution in [2.75, 3.05) is 20.1 Å². The summed E-state index contributed by atoms with van der Waals surface area (Å²) in [6.45, 7) is 4.28. The largest absolute Gasteiger partial charge is 0.317 e. The molecule has 0 bridgehead atoms. The Kier molecular flexibility index (Phi) is 5.95. The highest BCUT2D eigenvalue weighted by molar-refractivity contribution is 7.91. The number of nitrogens with one attached hydrogen (secondary N) is 1. The number of sulfonamides is 1. The van der Waals surface area contributed by atoms with Crippen LogP contribution in [-0.2, 0) is 23.0 Å². The van der Waals surface area contributed by atoms with Crippen molar-refractivity contribution in [1.29, 1.82) is 0 Å². The van der Waals surface area contributed by atoms with Gasteiger partial charge in [0.2, 0.25) is 0 Å². The van der Waals surface area contributed by atoms with Crippen molar-refractivity contribution < 1.29 is 8.42 Å². The molecule has 2 aromatic rings. The molecular weight excluding hydrogens is 324 g/mol. The van der Waals surface area contributed by atoms with E-state index in [4.69, 9.17) is 0 Å². The Bertz CT molecular complexity index is 648. The highest BCUT2D eigenvalue weighted by Crippen LogP contribution is 2.25. The first kappa shape index (κ1) is 16.6. The highest BCUT2D eigenvalue weighted by Gasteiger charge is 2.23. The smallest absolute Gasteiger partial charge is 0.252 e. The molecule has 0 aromatic carbocycles. The maximum absolute atomic E-state index is 12.5. The Balaban J connectivity index is 2.04. The van der Waals surface area contributed by atoms with E-state index in [1.807, 2.05) is 22.9 Å². The zero-order chi connectivity index (χ0) is 15.3. The molecule has 0 unspecified atom stereocenters. The van der Waals surface area contributed by atoms with Crippen molar-refractivity contribution >= 4 is 32.7 Å². The standard InChI is InChI=1S/C14H20N2O2S3/c1-3-15-8-6-13-4-5-14(20-13)21(17,18)16(2)10-12-7-9-19-11-12/h4-5,7,9,11,15H,3,6,8,10H2,1-2H3. The summed E-state index contributed by atoms with van der Waals surface area (Å²) in [6.07, 6.45) is 0.863. The number of hydrogen-bond acceptors (Lipinski definition) is 5. The van der Waals surface area contributed by atoms with Gasteiger partial charge < -0.3 is 5.32 Å². The van der Waals surface area contributed by atoms with E-state index < -0.39 is 10.0 Å². The number of thiophene rings is 2. The van der Waals surface area contributed by atoms with E-state index in [0.717, 1.165) is 30.0 Å². The summed E-state index contributed by atoms with van der Waals surface area (Å²) in [4.78, 5) is 1.10. The van der Waals surface area contributed by atoms with Crippen LogP contribution in [-0.4, -0.2) is 32.9 Å². The Morgan fingerprint density at radius 1 is 1.29 bits per heavy atom. The SMILES string of the molecule is CCNCCc1ccc(S(=O)(=O)N(C)Cc2ccsc2)s1. The van der Waals surface area contributed by atoms with Crippen LogP contribution >= 0.6 is 22.7 Å². The van der Waals surface area contributed by atoms with E-state index in [2.05, 4.69) is 12.2 Å². The lowest BCUT2D eigenvalue weighted by molar-refractivity contribution is 0.469. The van der Waals surface area contributed by atoms with Gasteiger partial charge in [0.05, 0.1) is 0 Å². The molecule has 1 N–H and O–H groups in total. The monoisotopic (exact) mass is 344 g/mol. The first-order chi connectivity index (χ1) is 10.0. The Morgan fingerprint density at radius 3 is 2.76 bits per heavy atom. The first-order valence-corrected chi connectivity index (χ1v) is 10.0. The van der Waals surface area contributed by atoms with Gasteiger partial charge in [-0.2, -0.15) is 15.6 Å². The van der Waals surface area contributed by atoms with E-state index in [9.17, 15) is 8.42 Å². The summed E-state index contributed by atoms with van der Waals surface area (Å²) in [5, 5.41) is 7.18. The average molecular weight is 345 g/mol. The number of hydrogen-bond donors (Lipinski definition) is 1. The van der Waals surface area contributed by atoms with Gasteiger partial charge in [0, 0.05) is 18.5 Å². The molecular formula is C14H20N2O2S3. The van der Waals surface area contributed by atoms with Gasteiger partial charge in [-0.05, 0) is 54.0 Å². The maximum Gasteiger partial charge on any atom is 0.252 e. The van der Waals surface area contributed by atoms with Crippen molar-refractivity contribution in [3.05, 3.63) is 39.4 Å². The van der Waals surface area contributed by atoms with Crippen molar-refractivity contribution in [3.63, 3.8) is 0 Å². The molecule has 21 heavy (non-hydrogen) atoms. The van der Waals surface area contributed by atoms with Gasteiger partial charge >= 0.3 is 0 Å². The van der Waals surface area contributed by atoms with Gasteiger partial charge in [-0.3, -0.25) is 0 Å². The van der Waals surface area contributed by atoms with Crippen LogP contribution in [0.25, 0.3) is 0 Å². The minimum Gasteiger partial charge on any atom is -0.317 e. The van der Waals surface area contributed by atoms with Crippen molar-refractivity contribution in [2.45, 2.75) is 24.1 Å². The van der Waals surface area contributed by atoms with Crippen molar-refractivity contribution in [2.24, 2.45) is 0 Å².